The molecule has 3 rings (SSSR count). The van der Waals surface area contributed by atoms with Crippen molar-refractivity contribution < 1.29 is 22.7 Å². The number of rotatable bonds is 5. The Morgan fingerprint density at radius 3 is 2.55 bits per heavy atom. The molecule has 7 nitrogen and oxygen atoms in total. The molecule has 160 valence electrons. The number of amides is 1. The molecule has 0 aromatic heterocycles. The third kappa shape index (κ3) is 4.92. The predicted octanol–water partition coefficient (Wildman–Crippen LogP) is 2.93. The van der Waals surface area contributed by atoms with Crippen molar-refractivity contribution in [3.05, 3.63) is 28.8 Å². The van der Waals surface area contributed by atoms with Crippen LogP contribution < -0.4 is 0 Å². The summed E-state index contributed by atoms with van der Waals surface area (Å²) >= 11 is 6.25. The zero-order valence-corrected chi connectivity index (χ0v) is 18.2. The predicted molar refractivity (Wildman–Crippen MR) is 109 cm³/mol. The molecule has 1 aromatic carbocycles. The molecule has 0 unspecified atom stereocenters. The van der Waals surface area contributed by atoms with Crippen LogP contribution in [0.25, 0.3) is 0 Å². The highest BCUT2D eigenvalue weighted by Gasteiger charge is 2.32. The van der Waals surface area contributed by atoms with E-state index in [1.165, 1.54) is 22.5 Å². The van der Waals surface area contributed by atoms with Crippen molar-refractivity contribution in [2.45, 2.75) is 43.9 Å². The van der Waals surface area contributed by atoms with Gasteiger partial charge in [0.2, 0.25) is 10.0 Å². The van der Waals surface area contributed by atoms with Crippen molar-refractivity contribution >= 4 is 33.5 Å². The molecule has 0 N–H and O–H groups in total. The SMILES string of the molecule is CCOC(=O)[C@H]1CCCN(C(=O)c2cc(S(=O)(=O)N3CCCCC3)ccc2Cl)C1. The number of sulfonamides is 1. The Bertz CT molecular complexity index is 868. The summed E-state index contributed by atoms with van der Waals surface area (Å²) in [6, 6.07) is 4.27. The zero-order valence-electron chi connectivity index (χ0n) is 16.6. The van der Waals surface area contributed by atoms with E-state index in [-0.39, 0.29) is 39.8 Å². The van der Waals surface area contributed by atoms with Crippen molar-refractivity contribution in [1.29, 1.82) is 0 Å². The van der Waals surface area contributed by atoms with Gasteiger partial charge in [0.1, 0.15) is 0 Å². The number of piperidine rings is 2. The Labute approximate surface area is 177 Å². The Kier molecular flexibility index (Phi) is 7.19. The maximum absolute atomic E-state index is 13.1. The monoisotopic (exact) mass is 442 g/mol. The van der Waals surface area contributed by atoms with Crippen LogP contribution in [0.1, 0.15) is 49.4 Å². The summed E-state index contributed by atoms with van der Waals surface area (Å²) in [6.07, 6.45) is 4.04. The molecular formula is C20H27ClN2O5S. The first-order valence-corrected chi connectivity index (χ1v) is 11.9. The lowest BCUT2D eigenvalue weighted by Gasteiger charge is -2.32. The van der Waals surface area contributed by atoms with Gasteiger partial charge < -0.3 is 9.64 Å². The van der Waals surface area contributed by atoms with Crippen LogP contribution in [-0.2, 0) is 19.6 Å². The molecule has 1 atom stereocenters. The van der Waals surface area contributed by atoms with Gasteiger partial charge in [-0.15, -0.1) is 0 Å². The molecule has 2 fully saturated rings. The van der Waals surface area contributed by atoms with Crippen molar-refractivity contribution in [1.82, 2.24) is 9.21 Å². The average Bonchev–Trinajstić information content (AvgIpc) is 2.74. The van der Waals surface area contributed by atoms with Gasteiger partial charge in [-0.2, -0.15) is 4.31 Å². The first-order valence-electron chi connectivity index (χ1n) is 10.1. The van der Waals surface area contributed by atoms with E-state index in [1.54, 1.807) is 11.8 Å². The molecule has 0 bridgehead atoms. The van der Waals surface area contributed by atoms with Crippen molar-refractivity contribution in [2.24, 2.45) is 5.92 Å². The van der Waals surface area contributed by atoms with Crippen LogP contribution in [0.15, 0.2) is 23.1 Å². The lowest BCUT2D eigenvalue weighted by molar-refractivity contribution is -0.149. The molecule has 29 heavy (non-hydrogen) atoms. The van der Waals surface area contributed by atoms with E-state index in [9.17, 15) is 18.0 Å². The average molecular weight is 443 g/mol. The highest BCUT2D eigenvalue weighted by Crippen LogP contribution is 2.27. The third-order valence-electron chi connectivity index (χ3n) is 5.45. The number of esters is 1. The molecular weight excluding hydrogens is 416 g/mol. The standard InChI is InChI=1S/C20H27ClN2O5S/c1-2-28-20(25)15-7-6-10-22(14-15)19(24)17-13-16(8-9-18(17)21)29(26,27)23-11-4-3-5-12-23/h8-9,13,15H,2-7,10-12,14H2,1H3/t15-/m0/s1. The van der Waals surface area contributed by atoms with E-state index in [2.05, 4.69) is 0 Å². The summed E-state index contributed by atoms with van der Waals surface area (Å²) in [7, 11) is -3.67. The van der Waals surface area contributed by atoms with Gasteiger partial charge in [0.15, 0.2) is 0 Å². The number of hydrogen-bond donors (Lipinski definition) is 0. The van der Waals surface area contributed by atoms with Crippen LogP contribution in [0, 0.1) is 5.92 Å². The zero-order chi connectivity index (χ0) is 21.0. The second-order valence-corrected chi connectivity index (χ2v) is 9.79. The fourth-order valence-corrected chi connectivity index (χ4v) is 5.61. The topological polar surface area (TPSA) is 84.0 Å². The minimum Gasteiger partial charge on any atom is -0.466 e. The number of benzene rings is 1. The number of likely N-dealkylation sites (tertiary alicyclic amines) is 1. The van der Waals surface area contributed by atoms with E-state index in [4.69, 9.17) is 16.3 Å². The van der Waals surface area contributed by atoms with Gasteiger partial charge in [-0.05, 0) is 50.8 Å². The molecule has 1 amide bonds. The van der Waals surface area contributed by atoms with Crippen molar-refractivity contribution in [3.8, 4) is 0 Å². The lowest BCUT2D eigenvalue weighted by atomic mass is 9.97. The van der Waals surface area contributed by atoms with Gasteiger partial charge >= 0.3 is 5.97 Å². The maximum atomic E-state index is 13.1. The van der Waals surface area contributed by atoms with E-state index >= 15 is 0 Å². The molecule has 9 heteroatoms. The fraction of sp³-hybridized carbons (Fsp3) is 0.600. The van der Waals surface area contributed by atoms with E-state index in [0.717, 1.165) is 19.3 Å². The van der Waals surface area contributed by atoms with E-state index < -0.39 is 10.0 Å². The third-order valence-corrected chi connectivity index (χ3v) is 7.67. The molecule has 2 aliphatic rings. The Balaban J connectivity index is 1.82. The van der Waals surface area contributed by atoms with Crippen molar-refractivity contribution in [3.63, 3.8) is 0 Å². The molecule has 0 spiro atoms. The van der Waals surface area contributed by atoms with Crippen molar-refractivity contribution in [2.75, 3.05) is 32.8 Å². The van der Waals surface area contributed by atoms with Gasteiger partial charge in [-0.3, -0.25) is 9.59 Å². The number of ether oxygens (including phenoxy) is 1. The van der Waals surface area contributed by atoms with Gasteiger partial charge in [0.25, 0.3) is 5.91 Å². The highest BCUT2D eigenvalue weighted by atomic mass is 35.5. The van der Waals surface area contributed by atoms with Gasteiger partial charge in [0, 0.05) is 26.2 Å². The molecule has 0 saturated carbocycles. The maximum Gasteiger partial charge on any atom is 0.310 e. The van der Waals surface area contributed by atoms with Gasteiger partial charge in [-0.1, -0.05) is 18.0 Å². The molecule has 1 aromatic rings. The Morgan fingerprint density at radius 1 is 1.14 bits per heavy atom. The summed E-state index contributed by atoms with van der Waals surface area (Å²) in [5, 5.41) is 0.200. The van der Waals surface area contributed by atoms with Gasteiger partial charge in [0.05, 0.1) is 28.0 Å². The normalized spacial score (nSPS) is 21.0. The number of hydrogen-bond acceptors (Lipinski definition) is 5. The molecule has 0 radical (unpaired) electrons. The smallest absolute Gasteiger partial charge is 0.310 e. The fourth-order valence-electron chi connectivity index (χ4n) is 3.87. The van der Waals surface area contributed by atoms with Crippen LogP contribution in [0.4, 0.5) is 0 Å². The van der Waals surface area contributed by atoms with Crippen LogP contribution in [0.2, 0.25) is 5.02 Å². The Hall–Kier alpha value is -1.64. The highest BCUT2D eigenvalue weighted by molar-refractivity contribution is 7.89. The Morgan fingerprint density at radius 2 is 1.86 bits per heavy atom. The second kappa shape index (κ2) is 9.45. The first-order chi connectivity index (χ1) is 13.8. The lowest BCUT2D eigenvalue weighted by Crippen LogP contribution is -2.43. The summed E-state index contributed by atoms with van der Waals surface area (Å²) in [5.41, 5.74) is 0.147. The largest absolute Gasteiger partial charge is 0.466 e. The van der Waals surface area contributed by atoms with Crippen LogP contribution in [-0.4, -0.2) is 62.3 Å². The molecule has 2 saturated heterocycles. The summed E-state index contributed by atoms with van der Waals surface area (Å²) in [4.78, 5) is 26.8. The van der Waals surface area contributed by atoms with Crippen LogP contribution >= 0.6 is 11.6 Å². The second-order valence-electron chi connectivity index (χ2n) is 7.45. The molecule has 0 aliphatic carbocycles. The number of carbonyl (C=O) groups is 2. The molecule has 2 heterocycles. The van der Waals surface area contributed by atoms with Crippen LogP contribution in [0.3, 0.4) is 0 Å². The van der Waals surface area contributed by atoms with E-state index in [1.807, 2.05) is 0 Å². The van der Waals surface area contributed by atoms with Crippen LogP contribution in [0.5, 0.6) is 0 Å². The summed E-state index contributed by atoms with van der Waals surface area (Å²) in [6.45, 7) is 3.76. The van der Waals surface area contributed by atoms with E-state index in [0.29, 0.717) is 39.1 Å². The number of halogens is 1. The summed E-state index contributed by atoms with van der Waals surface area (Å²) < 4.78 is 32.5. The molecule has 2 aliphatic heterocycles. The number of carbonyl (C=O) groups excluding carboxylic acids is 2. The minimum atomic E-state index is -3.67. The quantitative estimate of drug-likeness (QED) is 0.654. The minimum absolute atomic E-state index is 0.0751. The number of nitrogens with zero attached hydrogens (tertiary/aromatic N) is 2. The summed E-state index contributed by atoms with van der Waals surface area (Å²) in [5.74, 6) is -1.04. The first kappa shape index (κ1) is 22.1. The van der Waals surface area contributed by atoms with Gasteiger partial charge in [-0.25, -0.2) is 8.42 Å².